The van der Waals surface area contributed by atoms with Crippen LogP contribution < -0.4 is 10.1 Å². The van der Waals surface area contributed by atoms with Gasteiger partial charge in [-0.1, -0.05) is 24.3 Å². The second-order valence-electron chi connectivity index (χ2n) is 4.38. The molecule has 0 fully saturated rings. The van der Waals surface area contributed by atoms with E-state index < -0.39 is 5.97 Å². The number of carboxylic acids is 1. The highest BCUT2D eigenvalue weighted by Gasteiger charge is 2.06. The van der Waals surface area contributed by atoms with E-state index in [9.17, 15) is 9.59 Å². The third-order valence-electron chi connectivity index (χ3n) is 2.66. The average molecular weight is 285 g/mol. The number of nitrogens with one attached hydrogen (secondary N) is 1. The van der Waals surface area contributed by atoms with E-state index in [0.717, 1.165) is 0 Å². The van der Waals surface area contributed by atoms with Crippen molar-refractivity contribution in [1.29, 1.82) is 0 Å². The topological polar surface area (TPSA) is 75.6 Å². The zero-order valence-electron chi connectivity index (χ0n) is 11.3. The van der Waals surface area contributed by atoms with Crippen molar-refractivity contribution in [3.8, 4) is 11.5 Å². The third kappa shape index (κ3) is 4.99. The molecule has 2 N–H and O–H groups in total. The molecule has 2 rings (SSSR count). The summed E-state index contributed by atoms with van der Waals surface area (Å²) in [7, 11) is 0. The molecule has 5 heteroatoms. The standard InChI is InChI=1S/C16H15NO4/c18-15(9-10-16(19)20)17-12-5-4-8-14(11-12)21-13-6-2-1-3-7-13/h1-8,11H,9-10H2,(H,17,18)(H,19,20). The summed E-state index contributed by atoms with van der Waals surface area (Å²) in [5.41, 5.74) is 0.568. The van der Waals surface area contributed by atoms with Crippen LogP contribution in [0.5, 0.6) is 11.5 Å². The van der Waals surface area contributed by atoms with Gasteiger partial charge in [0.05, 0.1) is 6.42 Å². The summed E-state index contributed by atoms with van der Waals surface area (Å²) in [6, 6.07) is 16.2. The molecular formula is C16H15NO4. The molecule has 5 nitrogen and oxygen atoms in total. The third-order valence-corrected chi connectivity index (χ3v) is 2.66. The van der Waals surface area contributed by atoms with Crippen molar-refractivity contribution in [2.45, 2.75) is 12.8 Å². The Bertz CT molecular complexity index is 625. The summed E-state index contributed by atoms with van der Waals surface area (Å²) in [4.78, 5) is 22.0. The first-order valence-corrected chi connectivity index (χ1v) is 6.48. The van der Waals surface area contributed by atoms with Crippen molar-refractivity contribution < 1.29 is 19.4 Å². The van der Waals surface area contributed by atoms with Gasteiger partial charge in [0, 0.05) is 18.2 Å². The highest BCUT2D eigenvalue weighted by molar-refractivity contribution is 5.92. The maximum Gasteiger partial charge on any atom is 0.303 e. The van der Waals surface area contributed by atoms with E-state index in [1.807, 2.05) is 30.3 Å². The molecule has 0 atom stereocenters. The van der Waals surface area contributed by atoms with Crippen LogP contribution in [0.3, 0.4) is 0 Å². The molecule has 2 aromatic rings. The van der Waals surface area contributed by atoms with Crippen LogP contribution in [0.1, 0.15) is 12.8 Å². The Morgan fingerprint density at radius 2 is 1.67 bits per heavy atom. The van der Waals surface area contributed by atoms with Crippen LogP contribution >= 0.6 is 0 Å². The molecule has 21 heavy (non-hydrogen) atoms. The molecule has 108 valence electrons. The molecule has 0 saturated carbocycles. The number of hydrogen-bond donors (Lipinski definition) is 2. The maximum atomic E-state index is 11.6. The molecule has 0 aliphatic rings. The Kier molecular flexibility index (Phi) is 4.93. The zero-order chi connectivity index (χ0) is 15.1. The largest absolute Gasteiger partial charge is 0.481 e. The molecule has 1 amide bonds. The Morgan fingerprint density at radius 3 is 2.38 bits per heavy atom. The number of aliphatic carboxylic acids is 1. The highest BCUT2D eigenvalue weighted by Crippen LogP contribution is 2.23. The van der Waals surface area contributed by atoms with E-state index in [1.165, 1.54) is 0 Å². The highest BCUT2D eigenvalue weighted by atomic mass is 16.5. The molecule has 0 heterocycles. The number of benzene rings is 2. The molecule has 0 spiro atoms. The lowest BCUT2D eigenvalue weighted by Crippen LogP contribution is -2.13. The SMILES string of the molecule is O=C(O)CCC(=O)Nc1cccc(Oc2ccccc2)c1. The first kappa shape index (κ1) is 14.6. The number of carbonyl (C=O) groups is 2. The molecule has 0 unspecified atom stereocenters. The summed E-state index contributed by atoms with van der Waals surface area (Å²) < 4.78 is 5.65. The Labute approximate surface area is 122 Å². The summed E-state index contributed by atoms with van der Waals surface area (Å²) in [5.74, 6) is -0.0374. The van der Waals surface area contributed by atoms with Crippen molar-refractivity contribution in [1.82, 2.24) is 0 Å². The fraction of sp³-hybridized carbons (Fsp3) is 0.125. The van der Waals surface area contributed by atoms with Crippen molar-refractivity contribution in [2.24, 2.45) is 0 Å². The second kappa shape index (κ2) is 7.09. The minimum absolute atomic E-state index is 0.0564. The normalized spacial score (nSPS) is 9.90. The van der Waals surface area contributed by atoms with Gasteiger partial charge in [-0.25, -0.2) is 0 Å². The molecule has 0 aliphatic heterocycles. The van der Waals surface area contributed by atoms with Crippen LogP contribution in [-0.4, -0.2) is 17.0 Å². The number of anilines is 1. The van der Waals surface area contributed by atoms with Crippen molar-refractivity contribution in [3.63, 3.8) is 0 Å². The molecule has 0 aliphatic carbocycles. The molecule has 0 bridgehead atoms. The van der Waals surface area contributed by atoms with Crippen LogP contribution in [0.25, 0.3) is 0 Å². The second-order valence-corrected chi connectivity index (χ2v) is 4.38. The Balaban J connectivity index is 1.97. The number of amides is 1. The van der Waals surface area contributed by atoms with Gasteiger partial charge in [-0.3, -0.25) is 9.59 Å². The van der Waals surface area contributed by atoms with Gasteiger partial charge in [-0.05, 0) is 24.3 Å². The van der Waals surface area contributed by atoms with Gasteiger partial charge in [0.2, 0.25) is 5.91 Å². The fourth-order valence-electron chi connectivity index (χ4n) is 1.71. The summed E-state index contributed by atoms with van der Waals surface area (Å²) in [6.07, 6.45) is -0.245. The number of ether oxygens (including phenoxy) is 1. The van der Waals surface area contributed by atoms with Crippen LogP contribution in [0, 0.1) is 0 Å². The summed E-state index contributed by atoms with van der Waals surface area (Å²) in [5, 5.41) is 11.2. The molecule has 0 aromatic heterocycles. The van der Waals surface area contributed by atoms with E-state index >= 15 is 0 Å². The Morgan fingerprint density at radius 1 is 0.952 bits per heavy atom. The number of para-hydroxylation sites is 1. The number of rotatable bonds is 6. The van der Waals surface area contributed by atoms with Gasteiger partial charge >= 0.3 is 5.97 Å². The van der Waals surface area contributed by atoms with Crippen molar-refractivity contribution in [3.05, 3.63) is 54.6 Å². The Hall–Kier alpha value is -2.82. The van der Waals surface area contributed by atoms with Gasteiger partial charge in [0.1, 0.15) is 11.5 Å². The van der Waals surface area contributed by atoms with Crippen LogP contribution in [0.2, 0.25) is 0 Å². The van der Waals surface area contributed by atoms with Crippen LogP contribution in [0.15, 0.2) is 54.6 Å². The van der Waals surface area contributed by atoms with Gasteiger partial charge in [-0.15, -0.1) is 0 Å². The fourth-order valence-corrected chi connectivity index (χ4v) is 1.71. The quantitative estimate of drug-likeness (QED) is 0.854. The van der Waals surface area contributed by atoms with E-state index in [-0.39, 0.29) is 18.7 Å². The monoisotopic (exact) mass is 285 g/mol. The number of hydrogen-bond acceptors (Lipinski definition) is 3. The first-order valence-electron chi connectivity index (χ1n) is 6.48. The van der Waals surface area contributed by atoms with E-state index in [0.29, 0.717) is 17.2 Å². The lowest BCUT2D eigenvalue weighted by atomic mass is 10.2. The summed E-state index contributed by atoms with van der Waals surface area (Å²) in [6.45, 7) is 0. The summed E-state index contributed by atoms with van der Waals surface area (Å²) >= 11 is 0. The minimum Gasteiger partial charge on any atom is -0.481 e. The number of carbonyl (C=O) groups excluding carboxylic acids is 1. The van der Waals surface area contributed by atoms with E-state index in [4.69, 9.17) is 9.84 Å². The zero-order valence-corrected chi connectivity index (χ0v) is 11.3. The minimum atomic E-state index is -0.994. The van der Waals surface area contributed by atoms with Crippen LogP contribution in [0.4, 0.5) is 5.69 Å². The number of carboxylic acid groups (broad SMARTS) is 1. The average Bonchev–Trinajstić information content (AvgIpc) is 2.46. The van der Waals surface area contributed by atoms with E-state index in [1.54, 1.807) is 24.3 Å². The van der Waals surface area contributed by atoms with Gasteiger partial charge in [0.25, 0.3) is 0 Å². The predicted octanol–water partition coefficient (Wildman–Crippen LogP) is 3.28. The molecule has 0 radical (unpaired) electrons. The van der Waals surface area contributed by atoms with E-state index in [2.05, 4.69) is 5.32 Å². The smallest absolute Gasteiger partial charge is 0.303 e. The van der Waals surface area contributed by atoms with Gasteiger partial charge in [0.15, 0.2) is 0 Å². The molecule has 0 saturated heterocycles. The van der Waals surface area contributed by atoms with Crippen molar-refractivity contribution in [2.75, 3.05) is 5.32 Å². The lowest BCUT2D eigenvalue weighted by Gasteiger charge is -2.08. The molecule has 2 aromatic carbocycles. The van der Waals surface area contributed by atoms with Gasteiger partial charge in [-0.2, -0.15) is 0 Å². The van der Waals surface area contributed by atoms with Crippen LogP contribution in [-0.2, 0) is 9.59 Å². The molecular weight excluding hydrogens is 270 g/mol. The lowest BCUT2D eigenvalue weighted by molar-refractivity contribution is -0.138. The van der Waals surface area contributed by atoms with Crippen molar-refractivity contribution >= 4 is 17.6 Å². The predicted molar refractivity (Wildman–Crippen MR) is 78.5 cm³/mol. The first-order chi connectivity index (χ1) is 10.1. The maximum absolute atomic E-state index is 11.6. The van der Waals surface area contributed by atoms with Gasteiger partial charge < -0.3 is 15.2 Å².